The van der Waals surface area contributed by atoms with Gasteiger partial charge in [0.1, 0.15) is 5.69 Å². The lowest BCUT2D eigenvalue weighted by atomic mass is 10.2. The van der Waals surface area contributed by atoms with Crippen molar-refractivity contribution in [3.8, 4) is 5.75 Å². The minimum atomic E-state index is -0.693. The highest BCUT2D eigenvalue weighted by Crippen LogP contribution is 2.21. The van der Waals surface area contributed by atoms with Crippen LogP contribution in [0, 0.1) is 13.8 Å². The zero-order chi connectivity index (χ0) is 15.4. The summed E-state index contributed by atoms with van der Waals surface area (Å²) in [4.78, 5) is 11.7. The topological polar surface area (TPSA) is 76.4 Å². The summed E-state index contributed by atoms with van der Waals surface area (Å²) >= 11 is 1.51. The summed E-state index contributed by atoms with van der Waals surface area (Å²) < 4.78 is 7.21. The minimum Gasteiger partial charge on any atom is -0.480 e. The van der Waals surface area contributed by atoms with E-state index >= 15 is 0 Å². The number of hydrogen-bond acceptors (Lipinski definition) is 5. The number of nitrogens with zero attached hydrogens (tertiary/aromatic N) is 2. The number of amides is 1. The number of aromatic nitrogens is 2. The van der Waals surface area contributed by atoms with Crippen molar-refractivity contribution in [2.75, 3.05) is 13.2 Å². The van der Waals surface area contributed by atoms with Gasteiger partial charge < -0.3 is 15.2 Å². The second-order valence-corrected chi connectivity index (χ2v) is 5.57. The molecule has 0 spiro atoms. The van der Waals surface area contributed by atoms with E-state index in [0.29, 0.717) is 5.75 Å². The first-order valence-electron chi connectivity index (χ1n) is 6.59. The predicted molar refractivity (Wildman–Crippen MR) is 80.5 cm³/mol. The summed E-state index contributed by atoms with van der Waals surface area (Å²) in [5.74, 6) is 0.359. The Morgan fingerprint density at radius 1 is 1.57 bits per heavy atom. The highest BCUT2D eigenvalue weighted by atomic mass is 32.1. The Kier molecular flexibility index (Phi) is 4.98. The van der Waals surface area contributed by atoms with E-state index in [4.69, 9.17) is 4.74 Å². The van der Waals surface area contributed by atoms with Crippen LogP contribution >= 0.6 is 11.3 Å². The number of nitrogens with one attached hydrogen (secondary N) is 1. The van der Waals surface area contributed by atoms with Crippen LogP contribution in [0.1, 0.15) is 23.1 Å². The maximum absolute atomic E-state index is 11.7. The molecule has 114 valence electrons. The molecule has 0 saturated heterocycles. The molecule has 0 aromatic carbocycles. The number of aliphatic hydroxyl groups is 1. The summed E-state index contributed by atoms with van der Waals surface area (Å²) in [6, 6.07) is 1.83. The van der Waals surface area contributed by atoms with E-state index in [2.05, 4.69) is 10.4 Å². The van der Waals surface area contributed by atoms with Gasteiger partial charge in [-0.1, -0.05) is 0 Å². The first-order chi connectivity index (χ1) is 9.99. The third kappa shape index (κ3) is 3.83. The van der Waals surface area contributed by atoms with E-state index in [1.54, 1.807) is 4.68 Å². The highest BCUT2D eigenvalue weighted by molar-refractivity contribution is 7.07. The summed E-state index contributed by atoms with van der Waals surface area (Å²) in [7, 11) is 1.83. The van der Waals surface area contributed by atoms with E-state index in [1.807, 2.05) is 37.7 Å². The fraction of sp³-hybridized carbons (Fsp3) is 0.429. The quantitative estimate of drug-likeness (QED) is 0.844. The van der Waals surface area contributed by atoms with Gasteiger partial charge in [-0.05, 0) is 36.2 Å². The molecule has 0 unspecified atom stereocenters. The minimum absolute atomic E-state index is 0.0935. The maximum atomic E-state index is 11.7. The molecule has 0 fully saturated rings. The Hall–Kier alpha value is -1.86. The molecule has 7 heteroatoms. The van der Waals surface area contributed by atoms with E-state index in [1.165, 1.54) is 11.3 Å². The van der Waals surface area contributed by atoms with Gasteiger partial charge in [-0.15, -0.1) is 0 Å². The number of hydrogen-bond donors (Lipinski definition) is 2. The van der Waals surface area contributed by atoms with Crippen molar-refractivity contribution in [2.45, 2.75) is 20.0 Å². The average molecular weight is 309 g/mol. The zero-order valence-electron chi connectivity index (χ0n) is 12.3. The summed E-state index contributed by atoms with van der Waals surface area (Å²) in [6.07, 6.45) is -0.693. The molecular formula is C14H19N3O3S. The summed E-state index contributed by atoms with van der Waals surface area (Å²) in [5.41, 5.74) is 2.43. The molecule has 2 heterocycles. The van der Waals surface area contributed by atoms with Crippen LogP contribution in [0.2, 0.25) is 0 Å². The Bertz CT molecular complexity index is 607. The molecule has 2 N–H and O–H groups in total. The summed E-state index contributed by atoms with van der Waals surface area (Å²) in [6.45, 7) is 3.79. The second kappa shape index (κ2) is 6.73. The number of aliphatic hydroxyl groups excluding tert-OH is 1. The molecule has 0 bridgehead atoms. The first-order valence-corrected chi connectivity index (χ1v) is 7.53. The molecule has 21 heavy (non-hydrogen) atoms. The zero-order valence-corrected chi connectivity index (χ0v) is 13.1. The third-order valence-electron chi connectivity index (χ3n) is 3.21. The predicted octanol–water partition coefficient (Wildman–Crippen LogP) is 1.33. The molecule has 0 aliphatic heterocycles. The number of ether oxygens (including phenoxy) is 1. The van der Waals surface area contributed by atoms with Gasteiger partial charge in [0.05, 0.1) is 11.8 Å². The van der Waals surface area contributed by atoms with Gasteiger partial charge in [0.15, 0.2) is 12.4 Å². The van der Waals surface area contributed by atoms with E-state index < -0.39 is 6.10 Å². The molecule has 0 aliphatic rings. The third-order valence-corrected chi connectivity index (χ3v) is 3.91. The molecule has 1 amide bonds. The maximum Gasteiger partial charge on any atom is 0.258 e. The van der Waals surface area contributed by atoms with Crippen molar-refractivity contribution in [3.05, 3.63) is 33.8 Å². The normalized spacial score (nSPS) is 12.2. The lowest BCUT2D eigenvalue weighted by molar-refractivity contribution is -0.123. The molecule has 2 rings (SSSR count). The largest absolute Gasteiger partial charge is 0.480 e. The van der Waals surface area contributed by atoms with E-state index in [-0.39, 0.29) is 19.1 Å². The molecule has 2 aromatic heterocycles. The van der Waals surface area contributed by atoms with Gasteiger partial charge in [0.2, 0.25) is 0 Å². The van der Waals surface area contributed by atoms with Crippen LogP contribution in [0.3, 0.4) is 0 Å². The lowest BCUT2D eigenvalue weighted by Gasteiger charge is -2.11. The summed E-state index contributed by atoms with van der Waals surface area (Å²) in [5, 5.41) is 20.5. The van der Waals surface area contributed by atoms with Crippen molar-refractivity contribution < 1.29 is 14.6 Å². The van der Waals surface area contributed by atoms with Crippen LogP contribution in [-0.2, 0) is 11.8 Å². The number of rotatable bonds is 6. The van der Waals surface area contributed by atoms with Gasteiger partial charge in [-0.25, -0.2) is 0 Å². The fourth-order valence-corrected chi connectivity index (χ4v) is 2.65. The van der Waals surface area contributed by atoms with Crippen LogP contribution in [-0.4, -0.2) is 33.9 Å². The highest BCUT2D eigenvalue weighted by Gasteiger charge is 2.14. The Morgan fingerprint density at radius 3 is 2.90 bits per heavy atom. The Morgan fingerprint density at radius 2 is 2.33 bits per heavy atom. The van der Waals surface area contributed by atoms with Crippen LogP contribution in [0.5, 0.6) is 5.75 Å². The van der Waals surface area contributed by atoms with Crippen LogP contribution < -0.4 is 10.1 Å². The van der Waals surface area contributed by atoms with Gasteiger partial charge in [0.25, 0.3) is 5.91 Å². The van der Waals surface area contributed by atoms with E-state index in [0.717, 1.165) is 17.0 Å². The fourth-order valence-electron chi connectivity index (χ4n) is 1.94. The van der Waals surface area contributed by atoms with Crippen molar-refractivity contribution in [2.24, 2.45) is 7.05 Å². The second-order valence-electron chi connectivity index (χ2n) is 4.79. The molecule has 0 radical (unpaired) electrons. The lowest BCUT2D eigenvalue weighted by Crippen LogP contribution is -2.32. The molecular weight excluding hydrogens is 290 g/mol. The van der Waals surface area contributed by atoms with Crippen LogP contribution in [0.4, 0.5) is 0 Å². The SMILES string of the molecule is Cc1nn(C)c(C)c1OCC(=O)NC[C@H](O)c1ccsc1. The van der Waals surface area contributed by atoms with Gasteiger partial charge in [-0.2, -0.15) is 16.4 Å². The standard InChI is InChI=1S/C14H19N3O3S/c1-9-14(10(2)17(3)16-9)20-7-13(19)15-6-12(18)11-4-5-21-8-11/h4-5,8,12,18H,6-7H2,1-3H3,(H,15,19)/t12-/m0/s1. The van der Waals surface area contributed by atoms with Crippen molar-refractivity contribution in [1.82, 2.24) is 15.1 Å². The molecule has 6 nitrogen and oxygen atoms in total. The number of thiophene rings is 1. The number of carbonyl (C=O) groups is 1. The Balaban J connectivity index is 1.80. The molecule has 2 aromatic rings. The number of carbonyl (C=O) groups excluding carboxylic acids is 1. The van der Waals surface area contributed by atoms with Crippen LogP contribution in [0.25, 0.3) is 0 Å². The van der Waals surface area contributed by atoms with Gasteiger partial charge in [-0.3, -0.25) is 9.48 Å². The van der Waals surface area contributed by atoms with Crippen molar-refractivity contribution in [1.29, 1.82) is 0 Å². The van der Waals surface area contributed by atoms with Crippen molar-refractivity contribution in [3.63, 3.8) is 0 Å². The van der Waals surface area contributed by atoms with E-state index in [9.17, 15) is 9.90 Å². The smallest absolute Gasteiger partial charge is 0.258 e. The Labute approximate surface area is 127 Å². The van der Waals surface area contributed by atoms with Gasteiger partial charge >= 0.3 is 0 Å². The number of aryl methyl sites for hydroxylation is 2. The molecule has 0 saturated carbocycles. The monoisotopic (exact) mass is 309 g/mol. The van der Waals surface area contributed by atoms with Crippen molar-refractivity contribution >= 4 is 17.2 Å². The van der Waals surface area contributed by atoms with Crippen LogP contribution in [0.15, 0.2) is 16.8 Å². The average Bonchev–Trinajstić information content (AvgIpc) is 3.05. The molecule has 1 atom stereocenters. The molecule has 0 aliphatic carbocycles. The van der Waals surface area contributed by atoms with Gasteiger partial charge in [0, 0.05) is 13.6 Å². The first kappa shape index (κ1) is 15.5.